The van der Waals surface area contributed by atoms with Crippen LogP contribution in [0.4, 0.5) is 0 Å². The lowest BCUT2D eigenvalue weighted by atomic mass is 10.0. The maximum atomic E-state index is 12.8. The van der Waals surface area contributed by atoms with Crippen LogP contribution in [0, 0.1) is 5.92 Å². The third kappa shape index (κ3) is 49.3. The normalized spacial score (nSPS) is 12.0. The van der Waals surface area contributed by atoms with Gasteiger partial charge in [-0.05, 0) is 25.2 Å². The van der Waals surface area contributed by atoms with Crippen molar-refractivity contribution in [2.24, 2.45) is 5.92 Å². The molecule has 0 saturated carbocycles. The summed E-state index contributed by atoms with van der Waals surface area (Å²) in [5, 5.41) is 0. The van der Waals surface area contributed by atoms with Crippen LogP contribution in [0.25, 0.3) is 0 Å². The van der Waals surface area contributed by atoms with Crippen molar-refractivity contribution < 1.29 is 28.6 Å². The maximum absolute atomic E-state index is 12.8. The molecule has 0 fully saturated rings. The molecule has 0 aromatic rings. The highest BCUT2D eigenvalue weighted by molar-refractivity contribution is 5.71. The highest BCUT2D eigenvalue weighted by Crippen LogP contribution is 2.17. The van der Waals surface area contributed by atoms with Gasteiger partial charge in [0.15, 0.2) is 6.10 Å². The molecule has 0 aliphatic heterocycles. The molecule has 0 saturated heterocycles. The van der Waals surface area contributed by atoms with Gasteiger partial charge in [-0.15, -0.1) is 0 Å². The molecule has 6 heteroatoms. The van der Waals surface area contributed by atoms with Gasteiger partial charge in [0.1, 0.15) is 13.2 Å². The van der Waals surface area contributed by atoms with Gasteiger partial charge in [-0.3, -0.25) is 14.4 Å². The quantitative estimate of drug-likeness (QED) is 0.0344. The monoisotopic (exact) mass is 863 g/mol. The minimum Gasteiger partial charge on any atom is -0.462 e. The minimum absolute atomic E-state index is 0.0623. The predicted molar refractivity (Wildman–Crippen MR) is 261 cm³/mol. The summed E-state index contributed by atoms with van der Waals surface area (Å²) in [5.41, 5.74) is 0. The molecule has 362 valence electrons. The van der Waals surface area contributed by atoms with E-state index < -0.39 is 6.10 Å². The number of carbonyl (C=O) groups excluding carboxylic acids is 3. The molecule has 0 N–H and O–H groups in total. The van der Waals surface area contributed by atoms with E-state index in [1.54, 1.807) is 0 Å². The topological polar surface area (TPSA) is 78.9 Å². The Labute approximate surface area is 380 Å². The van der Waals surface area contributed by atoms with Gasteiger partial charge in [0.05, 0.1) is 0 Å². The van der Waals surface area contributed by atoms with Crippen LogP contribution in [-0.2, 0) is 28.6 Å². The molecular weight excluding hydrogens is 757 g/mol. The molecule has 0 heterocycles. The van der Waals surface area contributed by atoms with E-state index in [0.717, 1.165) is 63.7 Å². The highest BCUT2D eigenvalue weighted by Gasteiger charge is 2.19. The van der Waals surface area contributed by atoms with Gasteiger partial charge in [0, 0.05) is 19.3 Å². The Kier molecular flexibility index (Phi) is 48.1. The summed E-state index contributed by atoms with van der Waals surface area (Å²) in [4.78, 5) is 38.0. The number of unbranched alkanes of at least 4 members (excludes halogenated alkanes) is 37. The molecular formula is C55H106O6. The molecule has 1 atom stereocenters. The van der Waals surface area contributed by atoms with Crippen LogP contribution in [-0.4, -0.2) is 37.2 Å². The molecule has 0 spiro atoms. The third-order valence-electron chi connectivity index (χ3n) is 12.5. The lowest BCUT2D eigenvalue weighted by Crippen LogP contribution is -2.30. The number of hydrogen-bond donors (Lipinski definition) is 0. The summed E-state index contributed by atoms with van der Waals surface area (Å²) in [5.74, 6) is 0.0116. The van der Waals surface area contributed by atoms with Crippen molar-refractivity contribution >= 4 is 17.9 Å². The van der Waals surface area contributed by atoms with Crippen LogP contribution < -0.4 is 0 Å². The van der Waals surface area contributed by atoms with Crippen LogP contribution in [0.2, 0.25) is 0 Å². The zero-order chi connectivity index (χ0) is 44.5. The summed E-state index contributed by atoms with van der Waals surface area (Å²) < 4.78 is 16.8. The van der Waals surface area contributed by atoms with Gasteiger partial charge < -0.3 is 14.2 Å². The Balaban J connectivity index is 4.21. The summed E-state index contributed by atoms with van der Waals surface area (Å²) in [6.45, 7) is 9.04. The zero-order valence-corrected chi connectivity index (χ0v) is 41.6. The van der Waals surface area contributed by atoms with E-state index >= 15 is 0 Å². The van der Waals surface area contributed by atoms with Gasteiger partial charge in [0.25, 0.3) is 0 Å². The largest absolute Gasteiger partial charge is 0.462 e. The molecule has 0 radical (unpaired) electrons. The average molecular weight is 863 g/mol. The van der Waals surface area contributed by atoms with Crippen LogP contribution in [0.15, 0.2) is 0 Å². The van der Waals surface area contributed by atoms with E-state index in [9.17, 15) is 14.4 Å². The fourth-order valence-corrected chi connectivity index (χ4v) is 8.39. The first-order chi connectivity index (χ1) is 29.9. The first-order valence-electron chi connectivity index (χ1n) is 27.4. The summed E-state index contributed by atoms with van der Waals surface area (Å²) in [7, 11) is 0. The average Bonchev–Trinajstić information content (AvgIpc) is 3.24. The summed E-state index contributed by atoms with van der Waals surface area (Å²) >= 11 is 0. The Morgan fingerprint density at radius 2 is 0.541 bits per heavy atom. The molecule has 0 amide bonds. The van der Waals surface area contributed by atoms with Gasteiger partial charge in [-0.1, -0.05) is 272 Å². The van der Waals surface area contributed by atoms with Crippen molar-refractivity contribution in [1.29, 1.82) is 0 Å². The SMILES string of the molecule is CCCCCCCCCCCCCCCCC(=O)OC[C@H](COC(=O)CCCCCCCCCCCCCCCCCCC(C)C)OC(=O)CCCCCCCCCCCC. The van der Waals surface area contributed by atoms with Crippen molar-refractivity contribution in [3.8, 4) is 0 Å². The molecule has 0 aliphatic carbocycles. The van der Waals surface area contributed by atoms with Gasteiger partial charge in [-0.25, -0.2) is 0 Å². The molecule has 0 bridgehead atoms. The minimum atomic E-state index is -0.760. The number of carbonyl (C=O) groups is 3. The zero-order valence-electron chi connectivity index (χ0n) is 41.6. The van der Waals surface area contributed by atoms with Gasteiger partial charge in [0.2, 0.25) is 0 Å². The molecule has 0 aliphatic rings. The van der Waals surface area contributed by atoms with E-state index in [1.165, 1.54) is 205 Å². The van der Waals surface area contributed by atoms with E-state index in [0.29, 0.717) is 19.3 Å². The third-order valence-corrected chi connectivity index (χ3v) is 12.5. The van der Waals surface area contributed by atoms with Gasteiger partial charge >= 0.3 is 17.9 Å². The standard InChI is InChI=1S/C55H106O6/c1-5-7-9-11-13-15-17-18-24-27-31-34-38-42-46-53(56)59-49-52(61-55(58)48-44-40-36-30-16-14-12-10-8-6-2)50-60-54(57)47-43-39-35-32-28-25-22-20-19-21-23-26-29-33-37-41-45-51(3)4/h51-52H,5-50H2,1-4H3/t52-/m1/s1. The van der Waals surface area contributed by atoms with Crippen molar-refractivity contribution in [3.63, 3.8) is 0 Å². The second-order valence-electron chi connectivity index (χ2n) is 19.3. The van der Waals surface area contributed by atoms with Crippen LogP contribution in [0.1, 0.15) is 310 Å². The smallest absolute Gasteiger partial charge is 0.306 e. The molecule has 0 rings (SSSR count). The number of ether oxygens (including phenoxy) is 3. The van der Waals surface area contributed by atoms with Crippen molar-refractivity contribution in [2.75, 3.05) is 13.2 Å². The molecule has 0 aromatic heterocycles. The van der Waals surface area contributed by atoms with Crippen molar-refractivity contribution in [2.45, 2.75) is 316 Å². The van der Waals surface area contributed by atoms with E-state index in [2.05, 4.69) is 27.7 Å². The van der Waals surface area contributed by atoms with Crippen LogP contribution in [0.5, 0.6) is 0 Å². The lowest BCUT2D eigenvalue weighted by Gasteiger charge is -2.18. The fourth-order valence-electron chi connectivity index (χ4n) is 8.39. The second-order valence-corrected chi connectivity index (χ2v) is 19.3. The Hall–Kier alpha value is -1.59. The van der Waals surface area contributed by atoms with Gasteiger partial charge in [-0.2, -0.15) is 0 Å². The van der Waals surface area contributed by atoms with Crippen LogP contribution >= 0.6 is 0 Å². The number of hydrogen-bond acceptors (Lipinski definition) is 6. The number of esters is 3. The summed E-state index contributed by atoms with van der Waals surface area (Å²) in [6.07, 6.45) is 52.3. The first-order valence-corrected chi connectivity index (χ1v) is 27.4. The fraction of sp³-hybridized carbons (Fsp3) is 0.945. The Bertz CT molecular complexity index is 918. The van der Waals surface area contributed by atoms with Crippen molar-refractivity contribution in [1.82, 2.24) is 0 Å². The van der Waals surface area contributed by atoms with E-state index in [4.69, 9.17) is 14.2 Å². The molecule has 0 unspecified atom stereocenters. The highest BCUT2D eigenvalue weighted by atomic mass is 16.6. The molecule has 61 heavy (non-hydrogen) atoms. The Morgan fingerprint density at radius 3 is 0.803 bits per heavy atom. The van der Waals surface area contributed by atoms with Crippen molar-refractivity contribution in [3.05, 3.63) is 0 Å². The lowest BCUT2D eigenvalue weighted by molar-refractivity contribution is -0.167. The first kappa shape index (κ1) is 59.4. The summed E-state index contributed by atoms with van der Waals surface area (Å²) in [6, 6.07) is 0. The number of rotatable bonds is 50. The predicted octanol–water partition coefficient (Wildman–Crippen LogP) is 17.8. The second kappa shape index (κ2) is 49.4. The van der Waals surface area contributed by atoms with Crippen LogP contribution in [0.3, 0.4) is 0 Å². The molecule has 6 nitrogen and oxygen atoms in total. The Morgan fingerprint density at radius 1 is 0.311 bits per heavy atom. The van der Waals surface area contributed by atoms with E-state index in [1.807, 2.05) is 0 Å². The molecule has 0 aromatic carbocycles. The van der Waals surface area contributed by atoms with E-state index in [-0.39, 0.29) is 31.1 Å². The maximum Gasteiger partial charge on any atom is 0.306 e.